The molecule has 0 aliphatic rings. The zero-order valence-corrected chi connectivity index (χ0v) is 15.6. The van der Waals surface area contributed by atoms with Crippen molar-refractivity contribution in [2.24, 2.45) is 0 Å². The van der Waals surface area contributed by atoms with Crippen LogP contribution in [0, 0.1) is 0 Å². The van der Waals surface area contributed by atoms with E-state index in [0.717, 1.165) is 0 Å². The van der Waals surface area contributed by atoms with Crippen molar-refractivity contribution < 1.29 is 19.1 Å². The number of nitrogens with one attached hydrogen (secondary N) is 2. The summed E-state index contributed by atoms with van der Waals surface area (Å²) in [5.41, 5.74) is 1.54. The van der Waals surface area contributed by atoms with Crippen LogP contribution in [0.5, 0.6) is 5.75 Å². The molecule has 0 aliphatic heterocycles. The van der Waals surface area contributed by atoms with Gasteiger partial charge >= 0.3 is 5.97 Å². The van der Waals surface area contributed by atoms with Crippen LogP contribution in [0.25, 0.3) is 0 Å². The summed E-state index contributed by atoms with van der Waals surface area (Å²) in [5.74, 6) is -0.159. The van der Waals surface area contributed by atoms with Crippen molar-refractivity contribution >= 4 is 34.9 Å². The van der Waals surface area contributed by atoms with Crippen molar-refractivity contribution in [3.8, 4) is 5.75 Å². The summed E-state index contributed by atoms with van der Waals surface area (Å²) in [4.78, 5) is 23.9. The van der Waals surface area contributed by atoms with E-state index in [1.807, 2.05) is 13.8 Å². The molecule has 0 saturated carbocycles. The number of carbonyl (C=O) groups is 2. The van der Waals surface area contributed by atoms with Gasteiger partial charge in [-0.1, -0.05) is 11.6 Å². The molecule has 0 heterocycles. The van der Waals surface area contributed by atoms with Crippen LogP contribution in [0.15, 0.2) is 42.5 Å². The van der Waals surface area contributed by atoms with Crippen molar-refractivity contribution in [1.29, 1.82) is 0 Å². The fourth-order valence-electron chi connectivity index (χ4n) is 2.18. The number of benzene rings is 2. The molecular formula is C19H21ClN2O4. The molecule has 2 aromatic carbocycles. The zero-order valence-electron chi connectivity index (χ0n) is 14.8. The quantitative estimate of drug-likeness (QED) is 0.715. The van der Waals surface area contributed by atoms with E-state index in [4.69, 9.17) is 21.1 Å². The van der Waals surface area contributed by atoms with Crippen LogP contribution in [0.1, 0.15) is 24.2 Å². The first-order valence-corrected chi connectivity index (χ1v) is 8.45. The Morgan fingerprint density at radius 3 is 2.42 bits per heavy atom. The molecule has 26 heavy (non-hydrogen) atoms. The molecule has 0 bridgehead atoms. The van der Waals surface area contributed by atoms with E-state index in [2.05, 4.69) is 10.6 Å². The number of hydrogen-bond acceptors (Lipinski definition) is 5. The van der Waals surface area contributed by atoms with E-state index in [1.165, 1.54) is 7.11 Å². The van der Waals surface area contributed by atoms with Gasteiger partial charge in [-0.3, -0.25) is 4.79 Å². The Hall–Kier alpha value is -2.73. The second-order valence-corrected chi connectivity index (χ2v) is 6.21. The summed E-state index contributed by atoms with van der Waals surface area (Å²) in [7, 11) is 1.31. The van der Waals surface area contributed by atoms with Crippen LogP contribution in [0.3, 0.4) is 0 Å². The average molecular weight is 377 g/mol. The minimum Gasteiger partial charge on any atom is -0.489 e. The lowest BCUT2D eigenvalue weighted by molar-refractivity contribution is -0.114. The highest BCUT2D eigenvalue weighted by Crippen LogP contribution is 2.27. The van der Waals surface area contributed by atoms with Crippen LogP contribution in [0.2, 0.25) is 5.02 Å². The highest BCUT2D eigenvalue weighted by Gasteiger charge is 2.13. The molecule has 0 aliphatic carbocycles. The lowest BCUT2D eigenvalue weighted by Crippen LogP contribution is -2.22. The number of halogens is 1. The van der Waals surface area contributed by atoms with Gasteiger partial charge in [0.2, 0.25) is 5.91 Å². The molecule has 0 aromatic heterocycles. The molecule has 0 fully saturated rings. The molecule has 2 aromatic rings. The third-order valence-corrected chi connectivity index (χ3v) is 3.58. The van der Waals surface area contributed by atoms with Crippen molar-refractivity contribution in [3.63, 3.8) is 0 Å². The van der Waals surface area contributed by atoms with E-state index < -0.39 is 5.97 Å². The molecular weight excluding hydrogens is 356 g/mol. The maximum atomic E-state index is 12.1. The van der Waals surface area contributed by atoms with Crippen LogP contribution < -0.4 is 15.4 Å². The summed E-state index contributed by atoms with van der Waals surface area (Å²) < 4.78 is 10.4. The number of hydrogen-bond donors (Lipinski definition) is 2. The topological polar surface area (TPSA) is 76.7 Å². The molecule has 1 amide bonds. The summed E-state index contributed by atoms with van der Waals surface area (Å²) in [6.07, 6.45) is -0.0533. The van der Waals surface area contributed by atoms with Crippen molar-refractivity contribution in [3.05, 3.63) is 53.1 Å². The van der Waals surface area contributed by atoms with Gasteiger partial charge in [0.05, 0.1) is 31.0 Å². The Bertz CT molecular complexity index is 776. The molecule has 2 rings (SSSR count). The third-order valence-electron chi connectivity index (χ3n) is 3.33. The lowest BCUT2D eigenvalue weighted by atomic mass is 10.2. The van der Waals surface area contributed by atoms with Gasteiger partial charge in [0.15, 0.2) is 0 Å². The third kappa shape index (κ3) is 5.67. The highest BCUT2D eigenvalue weighted by molar-refractivity contribution is 6.30. The predicted octanol–water partition coefficient (Wildman–Crippen LogP) is 3.96. The molecule has 0 atom stereocenters. The maximum Gasteiger partial charge on any atom is 0.337 e. The predicted molar refractivity (Wildman–Crippen MR) is 102 cm³/mol. The first-order chi connectivity index (χ1) is 12.4. The zero-order chi connectivity index (χ0) is 19.1. The molecule has 0 saturated heterocycles. The molecule has 0 spiro atoms. The van der Waals surface area contributed by atoms with E-state index in [1.54, 1.807) is 42.5 Å². The maximum absolute atomic E-state index is 12.1. The van der Waals surface area contributed by atoms with E-state index in [0.29, 0.717) is 27.7 Å². The number of ether oxygens (including phenoxy) is 2. The highest BCUT2D eigenvalue weighted by atomic mass is 35.5. The number of methoxy groups -OCH3 is 1. The monoisotopic (exact) mass is 376 g/mol. The average Bonchev–Trinajstić information content (AvgIpc) is 2.61. The van der Waals surface area contributed by atoms with Gasteiger partial charge < -0.3 is 20.1 Å². The summed E-state index contributed by atoms with van der Waals surface area (Å²) in [5, 5.41) is 6.35. The first kappa shape index (κ1) is 19.6. The number of amides is 1. The first-order valence-electron chi connectivity index (χ1n) is 8.07. The number of anilines is 2. The van der Waals surface area contributed by atoms with Crippen LogP contribution >= 0.6 is 11.6 Å². The Morgan fingerprint density at radius 1 is 1.12 bits per heavy atom. The van der Waals surface area contributed by atoms with Crippen molar-refractivity contribution in [2.75, 3.05) is 24.3 Å². The standard InChI is InChI=1S/C19H21ClN2O4/c1-12(2)26-17-9-4-13(19(24)25-3)10-16(17)21-11-18(23)22-15-7-5-14(20)6-8-15/h4-10,12,21H,11H2,1-3H3,(H,22,23). The summed E-state index contributed by atoms with van der Waals surface area (Å²) in [6, 6.07) is 11.7. The van der Waals surface area contributed by atoms with Crippen LogP contribution in [-0.2, 0) is 9.53 Å². The Labute approximate surface area is 157 Å². The molecule has 0 unspecified atom stereocenters. The molecule has 2 N–H and O–H groups in total. The second kappa shape index (κ2) is 9.10. The summed E-state index contributed by atoms with van der Waals surface area (Å²) in [6.45, 7) is 3.79. The Kier molecular flexibility index (Phi) is 6.86. The minimum absolute atomic E-state index is 0.00169. The molecule has 138 valence electrons. The van der Waals surface area contributed by atoms with Gasteiger partial charge in [0, 0.05) is 10.7 Å². The molecule has 0 radical (unpaired) electrons. The number of carbonyl (C=O) groups excluding carboxylic acids is 2. The largest absolute Gasteiger partial charge is 0.489 e. The summed E-state index contributed by atoms with van der Waals surface area (Å²) >= 11 is 5.82. The molecule has 7 heteroatoms. The fraction of sp³-hybridized carbons (Fsp3) is 0.263. The van der Waals surface area contributed by atoms with Crippen molar-refractivity contribution in [1.82, 2.24) is 0 Å². The minimum atomic E-state index is -0.463. The Balaban J connectivity index is 2.08. The van der Waals surface area contributed by atoms with Gasteiger partial charge in [0.25, 0.3) is 0 Å². The van der Waals surface area contributed by atoms with E-state index in [-0.39, 0.29) is 18.6 Å². The van der Waals surface area contributed by atoms with Crippen molar-refractivity contribution in [2.45, 2.75) is 20.0 Å². The van der Waals surface area contributed by atoms with E-state index >= 15 is 0 Å². The second-order valence-electron chi connectivity index (χ2n) is 5.78. The lowest BCUT2D eigenvalue weighted by Gasteiger charge is -2.16. The van der Waals surface area contributed by atoms with Gasteiger partial charge in [0.1, 0.15) is 5.75 Å². The normalized spacial score (nSPS) is 10.3. The number of esters is 1. The van der Waals surface area contributed by atoms with Gasteiger partial charge in [-0.2, -0.15) is 0 Å². The number of rotatable bonds is 7. The van der Waals surface area contributed by atoms with Gasteiger partial charge in [-0.15, -0.1) is 0 Å². The van der Waals surface area contributed by atoms with Crippen LogP contribution in [0.4, 0.5) is 11.4 Å². The molecule has 6 nitrogen and oxygen atoms in total. The Morgan fingerprint density at radius 2 is 1.81 bits per heavy atom. The van der Waals surface area contributed by atoms with E-state index in [9.17, 15) is 9.59 Å². The fourth-order valence-corrected chi connectivity index (χ4v) is 2.31. The van der Waals surface area contributed by atoms with Crippen LogP contribution in [-0.4, -0.2) is 31.6 Å². The van der Waals surface area contributed by atoms with Gasteiger partial charge in [-0.25, -0.2) is 4.79 Å². The SMILES string of the molecule is COC(=O)c1ccc(OC(C)C)c(NCC(=O)Nc2ccc(Cl)cc2)c1. The smallest absolute Gasteiger partial charge is 0.337 e. The van der Waals surface area contributed by atoms with Gasteiger partial charge in [-0.05, 0) is 56.3 Å².